The van der Waals surface area contributed by atoms with Gasteiger partial charge in [0.1, 0.15) is 21.7 Å². The summed E-state index contributed by atoms with van der Waals surface area (Å²) in [5, 5.41) is 11.5. The van der Waals surface area contributed by atoms with Crippen LogP contribution in [0.25, 0.3) is 16.7 Å². The Morgan fingerprint density at radius 3 is 2.59 bits per heavy atom. The van der Waals surface area contributed by atoms with Gasteiger partial charge in [-0.2, -0.15) is 0 Å². The highest BCUT2D eigenvalue weighted by atomic mass is 35.5. The van der Waals surface area contributed by atoms with E-state index in [0.29, 0.717) is 31.9 Å². The van der Waals surface area contributed by atoms with E-state index in [2.05, 4.69) is 0 Å². The van der Waals surface area contributed by atoms with Crippen LogP contribution in [-0.2, 0) is 5.41 Å². The van der Waals surface area contributed by atoms with Gasteiger partial charge >= 0.3 is 5.63 Å². The van der Waals surface area contributed by atoms with Gasteiger partial charge in [-0.3, -0.25) is 9.36 Å². The third kappa shape index (κ3) is 2.99. The summed E-state index contributed by atoms with van der Waals surface area (Å²) in [4.78, 5) is 26.4. The number of nitrogens with zero attached hydrogens (tertiary/aromatic N) is 1. The maximum absolute atomic E-state index is 13.6. The molecule has 0 unspecified atom stereocenters. The minimum Gasteiger partial charge on any atom is -0.505 e. The van der Waals surface area contributed by atoms with E-state index in [1.54, 1.807) is 24.3 Å². The molecule has 0 bridgehead atoms. The third-order valence-electron chi connectivity index (χ3n) is 5.57. The molecule has 2 aromatic carbocycles. The van der Waals surface area contributed by atoms with Crippen molar-refractivity contribution < 1.29 is 13.9 Å². The fourth-order valence-electron chi connectivity index (χ4n) is 4.16. The fraction of sp³-hybridized carbons (Fsp3) is 0.130. The number of aromatic nitrogens is 1. The largest absolute Gasteiger partial charge is 0.505 e. The summed E-state index contributed by atoms with van der Waals surface area (Å²) in [6.45, 7) is 3.78. The number of rotatable bonds is 2. The number of fused-ring (bicyclic) bond motifs is 4. The van der Waals surface area contributed by atoms with Crippen molar-refractivity contribution in [1.82, 2.24) is 4.57 Å². The first-order valence-corrected chi connectivity index (χ1v) is 11.1. The number of benzene rings is 2. The van der Waals surface area contributed by atoms with Gasteiger partial charge in [-0.25, -0.2) is 9.18 Å². The van der Waals surface area contributed by atoms with E-state index in [0.717, 1.165) is 11.8 Å². The quantitative estimate of drug-likeness (QED) is 0.380. The maximum Gasteiger partial charge on any atom is 0.354 e. The van der Waals surface area contributed by atoms with Crippen LogP contribution in [0.3, 0.4) is 0 Å². The van der Waals surface area contributed by atoms with Gasteiger partial charge in [0.05, 0.1) is 5.69 Å². The highest BCUT2D eigenvalue weighted by Crippen LogP contribution is 2.47. The van der Waals surface area contributed by atoms with E-state index in [1.807, 2.05) is 13.8 Å². The first-order valence-electron chi connectivity index (χ1n) is 9.49. The molecule has 0 fully saturated rings. The Labute approximate surface area is 195 Å². The molecule has 32 heavy (non-hydrogen) atoms. The van der Waals surface area contributed by atoms with Crippen molar-refractivity contribution in [2.45, 2.75) is 29.1 Å². The molecule has 0 saturated heterocycles. The minimum absolute atomic E-state index is 0.0459. The standard InChI is InChI=1S/C23H14Cl2FNO4S/c1-23(2)16-9-15-17(21(29)27(16)14-7-10(24)6-13(25)18(14)23)19(28)20(22(30)31-15)32-12-5-3-4-11(26)8-12/h3-9,28H,1-2H3. The fourth-order valence-corrected chi connectivity index (χ4v) is 5.76. The second kappa shape index (κ2) is 7.13. The molecule has 0 saturated carbocycles. The number of hydrogen-bond acceptors (Lipinski definition) is 5. The Hall–Kier alpha value is -2.74. The summed E-state index contributed by atoms with van der Waals surface area (Å²) in [6, 6.07) is 10.3. The second-order valence-electron chi connectivity index (χ2n) is 7.94. The summed E-state index contributed by atoms with van der Waals surface area (Å²) in [6.07, 6.45) is 0. The van der Waals surface area contributed by atoms with E-state index in [1.165, 1.54) is 22.8 Å². The summed E-state index contributed by atoms with van der Waals surface area (Å²) in [7, 11) is 0. The molecule has 5 nitrogen and oxygen atoms in total. The van der Waals surface area contributed by atoms with Crippen molar-refractivity contribution in [3.8, 4) is 11.4 Å². The molecular formula is C23H14Cl2FNO4S. The molecule has 5 rings (SSSR count). The predicted molar refractivity (Wildman–Crippen MR) is 122 cm³/mol. The van der Waals surface area contributed by atoms with Crippen molar-refractivity contribution in [3.05, 3.63) is 90.4 Å². The van der Waals surface area contributed by atoms with E-state index in [4.69, 9.17) is 27.6 Å². The summed E-state index contributed by atoms with van der Waals surface area (Å²) in [5.74, 6) is -1.02. The van der Waals surface area contributed by atoms with Crippen LogP contribution >= 0.6 is 35.0 Å². The molecule has 9 heteroatoms. The van der Waals surface area contributed by atoms with Crippen LogP contribution in [-0.4, -0.2) is 9.67 Å². The lowest BCUT2D eigenvalue weighted by atomic mass is 9.83. The monoisotopic (exact) mass is 489 g/mol. The average Bonchev–Trinajstić information content (AvgIpc) is 2.92. The smallest absolute Gasteiger partial charge is 0.354 e. The number of aromatic hydroxyl groups is 1. The van der Waals surface area contributed by atoms with Crippen LogP contribution in [0.4, 0.5) is 4.39 Å². The molecule has 4 aromatic rings. The van der Waals surface area contributed by atoms with Crippen molar-refractivity contribution in [3.63, 3.8) is 0 Å². The molecule has 1 aliphatic heterocycles. The number of pyridine rings is 1. The van der Waals surface area contributed by atoms with Crippen LogP contribution < -0.4 is 11.2 Å². The van der Waals surface area contributed by atoms with Crippen molar-refractivity contribution in [2.24, 2.45) is 0 Å². The maximum atomic E-state index is 13.6. The lowest BCUT2D eigenvalue weighted by Crippen LogP contribution is -2.24. The van der Waals surface area contributed by atoms with Gasteiger partial charge in [0.2, 0.25) is 0 Å². The molecule has 1 N–H and O–H groups in total. The van der Waals surface area contributed by atoms with Gasteiger partial charge in [0, 0.05) is 37.7 Å². The van der Waals surface area contributed by atoms with Crippen molar-refractivity contribution in [2.75, 3.05) is 0 Å². The van der Waals surface area contributed by atoms with Gasteiger partial charge in [-0.05, 0) is 30.3 Å². The number of hydrogen-bond donors (Lipinski definition) is 1. The van der Waals surface area contributed by atoms with E-state index >= 15 is 0 Å². The normalized spacial score (nSPS) is 13.9. The summed E-state index contributed by atoms with van der Waals surface area (Å²) < 4.78 is 20.4. The average molecular weight is 490 g/mol. The Morgan fingerprint density at radius 1 is 1.12 bits per heavy atom. The molecule has 0 amide bonds. The zero-order valence-corrected chi connectivity index (χ0v) is 19.0. The lowest BCUT2D eigenvalue weighted by Gasteiger charge is -2.21. The van der Waals surface area contributed by atoms with Gasteiger partial charge in [-0.15, -0.1) is 0 Å². The molecule has 0 spiro atoms. The van der Waals surface area contributed by atoms with Crippen LogP contribution in [0.5, 0.6) is 5.75 Å². The third-order valence-corrected chi connectivity index (χ3v) is 7.14. The molecule has 3 heterocycles. The molecule has 162 valence electrons. The van der Waals surface area contributed by atoms with Crippen LogP contribution in [0.1, 0.15) is 25.1 Å². The predicted octanol–water partition coefficient (Wildman–Crippen LogP) is 5.89. The van der Waals surface area contributed by atoms with Gasteiger partial charge in [-0.1, -0.05) is 54.9 Å². The zero-order chi connectivity index (χ0) is 22.9. The van der Waals surface area contributed by atoms with E-state index < -0.39 is 28.2 Å². The van der Waals surface area contributed by atoms with Gasteiger partial charge in [0.25, 0.3) is 5.56 Å². The Bertz CT molecular complexity index is 1580. The SMILES string of the molecule is CC1(C)c2c(Cl)cc(Cl)cc2-n2c1cc1oc(=O)c(Sc3cccc(F)c3)c(O)c1c2=O. The molecule has 0 radical (unpaired) electrons. The lowest BCUT2D eigenvalue weighted by molar-refractivity contribution is 0.445. The Kier molecular flexibility index (Phi) is 4.71. The Morgan fingerprint density at radius 2 is 1.88 bits per heavy atom. The van der Waals surface area contributed by atoms with Gasteiger partial charge < -0.3 is 9.52 Å². The molecule has 1 aliphatic rings. The zero-order valence-electron chi connectivity index (χ0n) is 16.7. The van der Waals surface area contributed by atoms with Crippen molar-refractivity contribution in [1.29, 1.82) is 0 Å². The Balaban J connectivity index is 1.82. The summed E-state index contributed by atoms with van der Waals surface area (Å²) in [5.41, 5.74) is -0.398. The number of halogens is 3. The second-order valence-corrected chi connectivity index (χ2v) is 9.87. The molecule has 2 aromatic heterocycles. The van der Waals surface area contributed by atoms with Crippen molar-refractivity contribution >= 4 is 45.9 Å². The first-order chi connectivity index (χ1) is 15.1. The molecular weight excluding hydrogens is 476 g/mol. The van der Waals surface area contributed by atoms with E-state index in [9.17, 15) is 19.1 Å². The van der Waals surface area contributed by atoms with E-state index in [-0.39, 0.29) is 15.9 Å². The van der Waals surface area contributed by atoms with Gasteiger partial charge in [0.15, 0.2) is 5.75 Å². The summed E-state index contributed by atoms with van der Waals surface area (Å²) >= 11 is 13.5. The van der Waals surface area contributed by atoms with Crippen LogP contribution in [0.2, 0.25) is 10.0 Å². The minimum atomic E-state index is -0.831. The molecule has 0 aliphatic carbocycles. The highest BCUT2D eigenvalue weighted by Gasteiger charge is 2.40. The molecule has 0 atom stereocenters. The first kappa shape index (κ1) is 21.1. The topological polar surface area (TPSA) is 72.4 Å². The highest BCUT2D eigenvalue weighted by molar-refractivity contribution is 7.99. The van der Waals surface area contributed by atoms with Crippen LogP contribution in [0.15, 0.2) is 66.3 Å². The van der Waals surface area contributed by atoms with Crippen LogP contribution in [0, 0.1) is 5.82 Å².